The summed E-state index contributed by atoms with van der Waals surface area (Å²) in [6, 6.07) is 11.6. The Balaban J connectivity index is 1.58. The summed E-state index contributed by atoms with van der Waals surface area (Å²) in [6.07, 6.45) is 4.85. The van der Waals surface area contributed by atoms with Crippen molar-refractivity contribution in [2.24, 2.45) is 16.3 Å². The Morgan fingerprint density at radius 3 is 2.68 bits per heavy atom. The number of ether oxygens (including phenoxy) is 2. The van der Waals surface area contributed by atoms with Gasteiger partial charge < -0.3 is 9.47 Å². The van der Waals surface area contributed by atoms with Crippen LogP contribution in [0.5, 0.6) is 11.5 Å². The maximum Gasteiger partial charge on any atom is 0.175 e. The highest BCUT2D eigenvalue weighted by Gasteiger charge is 2.32. The van der Waals surface area contributed by atoms with Crippen LogP contribution in [0.4, 0.5) is 5.00 Å². The fourth-order valence-electron chi connectivity index (χ4n) is 4.50. The maximum absolute atomic E-state index is 9.89. The van der Waals surface area contributed by atoms with Gasteiger partial charge in [-0.25, -0.2) is 4.99 Å². The van der Waals surface area contributed by atoms with Gasteiger partial charge in [-0.2, -0.15) is 5.26 Å². The average molecular weight is 620 g/mol. The first-order valence-electron chi connectivity index (χ1n) is 12.2. The SMILES string of the molecule is CCOc1cc(C=Nc2sc3c(c2C#N)CC[C@@H](C(C)(C)C)C3)cc(Br)c1OCc1ccc(Cl)cc1Cl. The van der Waals surface area contributed by atoms with Crippen LogP contribution in [0.25, 0.3) is 0 Å². The number of nitriles is 1. The summed E-state index contributed by atoms with van der Waals surface area (Å²) in [4.78, 5) is 6.05. The monoisotopic (exact) mass is 618 g/mol. The van der Waals surface area contributed by atoms with Crippen molar-refractivity contribution in [3.63, 3.8) is 0 Å². The van der Waals surface area contributed by atoms with Crippen LogP contribution >= 0.6 is 50.5 Å². The molecule has 1 aromatic heterocycles. The summed E-state index contributed by atoms with van der Waals surface area (Å²) in [6.45, 7) is 9.57. The zero-order valence-corrected chi connectivity index (χ0v) is 25.2. The van der Waals surface area contributed by atoms with E-state index in [1.165, 1.54) is 10.4 Å². The van der Waals surface area contributed by atoms with E-state index in [-0.39, 0.29) is 12.0 Å². The van der Waals surface area contributed by atoms with Crippen molar-refractivity contribution in [2.75, 3.05) is 6.61 Å². The van der Waals surface area contributed by atoms with Crippen molar-refractivity contribution >= 4 is 61.7 Å². The smallest absolute Gasteiger partial charge is 0.175 e. The lowest BCUT2D eigenvalue weighted by molar-refractivity contribution is 0.218. The van der Waals surface area contributed by atoms with Gasteiger partial charge in [0.1, 0.15) is 17.7 Å². The minimum atomic E-state index is 0.253. The van der Waals surface area contributed by atoms with E-state index >= 15 is 0 Å². The maximum atomic E-state index is 9.89. The lowest BCUT2D eigenvalue weighted by Gasteiger charge is -2.33. The highest BCUT2D eigenvalue weighted by molar-refractivity contribution is 9.10. The number of benzene rings is 2. The highest BCUT2D eigenvalue weighted by Crippen LogP contribution is 2.45. The molecule has 8 heteroatoms. The largest absolute Gasteiger partial charge is 0.490 e. The number of aliphatic imine (C=N–C) groups is 1. The lowest BCUT2D eigenvalue weighted by atomic mass is 9.72. The van der Waals surface area contributed by atoms with Gasteiger partial charge in [-0.1, -0.05) is 50.0 Å². The van der Waals surface area contributed by atoms with E-state index in [0.29, 0.717) is 39.6 Å². The standard InChI is InChI=1S/C29H29BrCl2N2O2S/c1-5-35-25-11-17(10-23(30)27(25)36-16-18-6-8-20(31)13-24(18)32)15-34-28-22(14-33)21-9-7-19(29(2,3)4)12-26(21)37-28/h6,8,10-11,13,15,19H,5,7,9,12,16H2,1-4H3/t19-/m1/s1. The van der Waals surface area contributed by atoms with Crippen molar-refractivity contribution in [3.05, 3.63) is 72.0 Å². The van der Waals surface area contributed by atoms with Crippen LogP contribution in [0.1, 0.15) is 61.2 Å². The molecule has 2 aromatic carbocycles. The van der Waals surface area contributed by atoms with Crippen molar-refractivity contribution in [1.82, 2.24) is 0 Å². The topological polar surface area (TPSA) is 54.6 Å². The first kappa shape index (κ1) is 28.0. The summed E-state index contributed by atoms with van der Waals surface area (Å²) < 4.78 is 12.7. The van der Waals surface area contributed by atoms with E-state index in [0.717, 1.165) is 39.9 Å². The third-order valence-corrected chi connectivity index (χ3v) is 8.97. The van der Waals surface area contributed by atoms with Gasteiger partial charge in [0.25, 0.3) is 0 Å². The molecule has 1 atom stereocenters. The minimum absolute atomic E-state index is 0.253. The molecule has 0 saturated carbocycles. The normalized spacial score (nSPS) is 15.5. The third-order valence-electron chi connectivity index (χ3n) is 6.63. The first-order valence-corrected chi connectivity index (χ1v) is 14.6. The first-order chi connectivity index (χ1) is 17.6. The van der Waals surface area contributed by atoms with Crippen LogP contribution in [0.15, 0.2) is 39.8 Å². The molecule has 0 spiro atoms. The van der Waals surface area contributed by atoms with Crippen LogP contribution in [0, 0.1) is 22.7 Å². The zero-order chi connectivity index (χ0) is 26.7. The third kappa shape index (κ3) is 6.52. The Hall–Kier alpha value is -2.04. The predicted octanol–water partition coefficient (Wildman–Crippen LogP) is 9.57. The molecule has 1 aliphatic rings. The number of thiophene rings is 1. The number of nitrogens with zero attached hydrogens (tertiary/aromatic N) is 2. The van der Waals surface area contributed by atoms with E-state index in [1.54, 1.807) is 29.7 Å². The van der Waals surface area contributed by atoms with Gasteiger partial charge in [0.15, 0.2) is 11.5 Å². The van der Waals surface area contributed by atoms with Crippen LogP contribution in [0.2, 0.25) is 10.0 Å². The molecule has 0 fully saturated rings. The van der Waals surface area contributed by atoms with Gasteiger partial charge in [0.05, 0.1) is 16.6 Å². The van der Waals surface area contributed by atoms with E-state index in [1.807, 2.05) is 25.1 Å². The fourth-order valence-corrected chi connectivity index (χ4v) is 6.76. The number of halogens is 3. The van der Waals surface area contributed by atoms with Gasteiger partial charge in [-0.3, -0.25) is 0 Å². The fraction of sp³-hybridized carbons (Fsp3) is 0.379. The number of hydrogen-bond acceptors (Lipinski definition) is 5. The van der Waals surface area contributed by atoms with Crippen molar-refractivity contribution in [3.8, 4) is 17.6 Å². The summed E-state index contributed by atoms with van der Waals surface area (Å²) in [7, 11) is 0. The van der Waals surface area contributed by atoms with Gasteiger partial charge in [0.2, 0.25) is 0 Å². The summed E-state index contributed by atoms with van der Waals surface area (Å²) >= 11 is 17.6. The van der Waals surface area contributed by atoms with Gasteiger partial charge in [0, 0.05) is 26.7 Å². The molecule has 0 N–H and O–H groups in total. The molecule has 0 unspecified atom stereocenters. The van der Waals surface area contributed by atoms with Crippen LogP contribution in [0.3, 0.4) is 0 Å². The van der Waals surface area contributed by atoms with Gasteiger partial charge in [-0.15, -0.1) is 11.3 Å². The van der Waals surface area contributed by atoms with Crippen LogP contribution in [-0.2, 0) is 19.4 Å². The zero-order valence-electron chi connectivity index (χ0n) is 21.3. The Bertz CT molecular complexity index is 1370. The predicted molar refractivity (Wildman–Crippen MR) is 157 cm³/mol. The van der Waals surface area contributed by atoms with Gasteiger partial charge in [-0.05, 0) is 88.8 Å². The molecule has 0 amide bonds. The van der Waals surface area contributed by atoms with Crippen molar-refractivity contribution in [2.45, 2.75) is 53.6 Å². The highest BCUT2D eigenvalue weighted by atomic mass is 79.9. The molecule has 4 rings (SSSR count). The van der Waals surface area contributed by atoms with Crippen LogP contribution < -0.4 is 9.47 Å². The molecule has 37 heavy (non-hydrogen) atoms. The molecular formula is C29H29BrCl2N2O2S. The van der Waals surface area contributed by atoms with E-state index < -0.39 is 0 Å². The Morgan fingerprint density at radius 1 is 1.22 bits per heavy atom. The van der Waals surface area contributed by atoms with E-state index in [9.17, 15) is 5.26 Å². The van der Waals surface area contributed by atoms with Crippen molar-refractivity contribution < 1.29 is 9.47 Å². The molecule has 4 nitrogen and oxygen atoms in total. The molecule has 0 saturated heterocycles. The molecule has 3 aromatic rings. The number of fused-ring (bicyclic) bond motifs is 1. The lowest BCUT2D eigenvalue weighted by Crippen LogP contribution is -2.26. The second kappa shape index (κ2) is 11.8. The minimum Gasteiger partial charge on any atom is -0.490 e. The summed E-state index contributed by atoms with van der Waals surface area (Å²) in [5, 5.41) is 11.8. The average Bonchev–Trinajstić information content (AvgIpc) is 3.19. The second-order valence-corrected chi connectivity index (χ2v) is 12.9. The molecule has 0 radical (unpaired) electrons. The molecular weight excluding hydrogens is 591 g/mol. The molecule has 194 valence electrons. The Kier molecular flexibility index (Phi) is 8.91. The Morgan fingerprint density at radius 2 is 2.00 bits per heavy atom. The Labute approximate surface area is 241 Å². The van der Waals surface area contributed by atoms with Crippen molar-refractivity contribution in [1.29, 1.82) is 5.26 Å². The molecule has 0 bridgehead atoms. The summed E-state index contributed by atoms with van der Waals surface area (Å²) in [5.74, 6) is 1.80. The number of hydrogen-bond donors (Lipinski definition) is 0. The van der Waals surface area contributed by atoms with Crippen LogP contribution in [-0.4, -0.2) is 12.8 Å². The summed E-state index contributed by atoms with van der Waals surface area (Å²) in [5.41, 5.74) is 3.82. The molecule has 1 heterocycles. The van der Waals surface area contributed by atoms with Gasteiger partial charge >= 0.3 is 0 Å². The molecule has 0 aliphatic heterocycles. The quantitative estimate of drug-likeness (QED) is 0.247. The van der Waals surface area contributed by atoms with E-state index in [2.05, 4.69) is 42.8 Å². The number of rotatable bonds is 7. The molecule has 1 aliphatic carbocycles. The van der Waals surface area contributed by atoms with E-state index in [4.69, 9.17) is 37.7 Å². The second-order valence-electron chi connectivity index (χ2n) is 10.1.